The van der Waals surface area contributed by atoms with Gasteiger partial charge in [-0.2, -0.15) is 0 Å². The number of amides is 1. The van der Waals surface area contributed by atoms with Crippen LogP contribution in [0.15, 0.2) is 48.5 Å². The fourth-order valence-corrected chi connectivity index (χ4v) is 2.34. The van der Waals surface area contributed by atoms with Crippen molar-refractivity contribution in [3.8, 4) is 11.5 Å². The number of carbonyl (C=O) groups excluding carboxylic acids is 1. The van der Waals surface area contributed by atoms with Gasteiger partial charge in [-0.25, -0.2) is 0 Å². The zero-order valence-corrected chi connectivity index (χ0v) is 14.4. The quantitative estimate of drug-likeness (QED) is 0.717. The summed E-state index contributed by atoms with van der Waals surface area (Å²) in [7, 11) is 0. The van der Waals surface area contributed by atoms with E-state index >= 15 is 0 Å². The second-order valence-electron chi connectivity index (χ2n) is 5.55. The van der Waals surface area contributed by atoms with Crippen LogP contribution in [0.2, 0.25) is 0 Å². The Hall–Kier alpha value is -2.49. The van der Waals surface area contributed by atoms with Gasteiger partial charge in [0, 0.05) is 6.42 Å². The molecule has 0 bridgehead atoms. The first-order chi connectivity index (χ1) is 11.7. The lowest BCUT2D eigenvalue weighted by molar-refractivity contribution is -0.121. The first-order valence-corrected chi connectivity index (χ1v) is 8.36. The third-order valence-corrected chi connectivity index (χ3v) is 3.61. The number of ether oxygens (including phenoxy) is 2. The molecule has 2 rings (SSSR count). The third-order valence-electron chi connectivity index (χ3n) is 3.61. The number of nitrogens with one attached hydrogen (secondary N) is 1. The summed E-state index contributed by atoms with van der Waals surface area (Å²) in [5.74, 6) is 1.70. The van der Waals surface area contributed by atoms with Gasteiger partial charge in [-0.15, -0.1) is 0 Å². The molecule has 128 valence electrons. The van der Waals surface area contributed by atoms with Crippen LogP contribution in [-0.4, -0.2) is 25.7 Å². The van der Waals surface area contributed by atoms with Gasteiger partial charge in [0.25, 0.3) is 0 Å². The smallest absolute Gasteiger partial charge is 0.220 e. The van der Waals surface area contributed by atoms with Crippen molar-refractivity contribution in [3.05, 3.63) is 59.7 Å². The molecule has 0 saturated heterocycles. The number of hydrogen-bond donors (Lipinski definition) is 1. The summed E-state index contributed by atoms with van der Waals surface area (Å²) in [5, 5.41) is 2.88. The Labute approximate surface area is 143 Å². The van der Waals surface area contributed by atoms with E-state index in [4.69, 9.17) is 9.47 Å². The molecular formula is C20H25NO3. The van der Waals surface area contributed by atoms with Gasteiger partial charge in [-0.3, -0.25) is 4.79 Å². The zero-order chi connectivity index (χ0) is 17.2. The van der Waals surface area contributed by atoms with Crippen molar-refractivity contribution in [1.82, 2.24) is 5.32 Å². The molecule has 0 saturated carbocycles. The molecule has 0 aliphatic heterocycles. The maximum absolute atomic E-state index is 11.9. The lowest BCUT2D eigenvalue weighted by atomic mass is 10.1. The fourth-order valence-electron chi connectivity index (χ4n) is 2.34. The van der Waals surface area contributed by atoms with Gasteiger partial charge in [0.2, 0.25) is 5.91 Å². The molecule has 0 fully saturated rings. The summed E-state index contributed by atoms with van der Waals surface area (Å²) in [6, 6.07) is 15.7. The highest BCUT2D eigenvalue weighted by molar-refractivity contribution is 5.76. The van der Waals surface area contributed by atoms with Crippen molar-refractivity contribution in [2.45, 2.75) is 26.7 Å². The molecule has 0 aliphatic rings. The van der Waals surface area contributed by atoms with Crippen molar-refractivity contribution in [1.29, 1.82) is 0 Å². The largest absolute Gasteiger partial charge is 0.494 e. The van der Waals surface area contributed by atoms with Crippen LogP contribution in [0, 0.1) is 6.92 Å². The molecule has 0 heterocycles. The van der Waals surface area contributed by atoms with Crippen LogP contribution >= 0.6 is 0 Å². The van der Waals surface area contributed by atoms with Crippen molar-refractivity contribution >= 4 is 5.91 Å². The molecule has 0 radical (unpaired) electrons. The molecule has 0 unspecified atom stereocenters. The van der Waals surface area contributed by atoms with Gasteiger partial charge >= 0.3 is 0 Å². The molecule has 24 heavy (non-hydrogen) atoms. The molecule has 2 aromatic rings. The standard InChI is InChI=1S/C20H25NO3/c1-3-23-19-7-5-4-6-17(19)10-13-20(22)21-14-15-24-18-11-8-16(2)9-12-18/h4-9,11-12H,3,10,13-15H2,1-2H3,(H,21,22). The topological polar surface area (TPSA) is 47.6 Å². The predicted octanol–water partition coefficient (Wildman–Crippen LogP) is 3.52. The molecule has 0 atom stereocenters. The van der Waals surface area contributed by atoms with E-state index in [9.17, 15) is 4.79 Å². The van der Waals surface area contributed by atoms with E-state index < -0.39 is 0 Å². The molecule has 2 aromatic carbocycles. The molecule has 1 amide bonds. The number of para-hydroxylation sites is 1. The van der Waals surface area contributed by atoms with Gasteiger partial charge in [0.15, 0.2) is 0 Å². The Bertz CT molecular complexity index is 638. The number of aryl methyl sites for hydroxylation is 2. The van der Waals surface area contributed by atoms with E-state index in [2.05, 4.69) is 5.32 Å². The lowest BCUT2D eigenvalue weighted by Crippen LogP contribution is -2.28. The maximum atomic E-state index is 11.9. The number of hydrogen-bond acceptors (Lipinski definition) is 3. The minimum Gasteiger partial charge on any atom is -0.494 e. The van der Waals surface area contributed by atoms with E-state index in [1.54, 1.807) is 0 Å². The third kappa shape index (κ3) is 5.95. The Balaban J connectivity index is 1.67. The summed E-state index contributed by atoms with van der Waals surface area (Å²) in [6.45, 7) is 5.58. The van der Waals surface area contributed by atoms with Crippen LogP contribution in [0.1, 0.15) is 24.5 Å². The molecule has 0 aliphatic carbocycles. The summed E-state index contributed by atoms with van der Waals surface area (Å²) in [4.78, 5) is 11.9. The molecule has 0 aromatic heterocycles. The lowest BCUT2D eigenvalue weighted by Gasteiger charge is -2.10. The Kier molecular flexibility index (Phi) is 7.15. The first kappa shape index (κ1) is 17.9. The molecule has 0 spiro atoms. The van der Waals surface area contributed by atoms with Gasteiger partial charge in [-0.1, -0.05) is 35.9 Å². The number of carbonyl (C=O) groups is 1. The van der Waals surface area contributed by atoms with Gasteiger partial charge < -0.3 is 14.8 Å². The highest BCUT2D eigenvalue weighted by Gasteiger charge is 2.06. The molecule has 4 heteroatoms. The monoisotopic (exact) mass is 327 g/mol. The number of benzene rings is 2. The second kappa shape index (κ2) is 9.60. The normalized spacial score (nSPS) is 10.2. The highest BCUT2D eigenvalue weighted by Crippen LogP contribution is 2.19. The van der Waals surface area contributed by atoms with Crippen LogP contribution in [-0.2, 0) is 11.2 Å². The average Bonchev–Trinajstić information content (AvgIpc) is 2.60. The van der Waals surface area contributed by atoms with E-state index in [0.717, 1.165) is 17.1 Å². The van der Waals surface area contributed by atoms with E-state index in [-0.39, 0.29) is 5.91 Å². The summed E-state index contributed by atoms with van der Waals surface area (Å²) in [6.07, 6.45) is 1.11. The average molecular weight is 327 g/mol. The Morgan fingerprint density at radius 3 is 2.54 bits per heavy atom. The van der Waals surface area contributed by atoms with Crippen molar-refractivity contribution in [2.75, 3.05) is 19.8 Å². The Morgan fingerprint density at radius 2 is 1.79 bits per heavy atom. The van der Waals surface area contributed by atoms with Crippen LogP contribution in [0.4, 0.5) is 0 Å². The minimum absolute atomic E-state index is 0.0220. The first-order valence-electron chi connectivity index (χ1n) is 8.36. The SMILES string of the molecule is CCOc1ccccc1CCC(=O)NCCOc1ccc(C)cc1. The molecule has 4 nitrogen and oxygen atoms in total. The van der Waals surface area contributed by atoms with E-state index in [1.807, 2.05) is 62.4 Å². The van der Waals surface area contributed by atoms with Crippen molar-refractivity contribution in [3.63, 3.8) is 0 Å². The van der Waals surface area contributed by atoms with Crippen LogP contribution in [0.5, 0.6) is 11.5 Å². The maximum Gasteiger partial charge on any atom is 0.220 e. The fraction of sp³-hybridized carbons (Fsp3) is 0.350. The van der Waals surface area contributed by atoms with E-state index in [1.165, 1.54) is 5.56 Å². The second-order valence-corrected chi connectivity index (χ2v) is 5.55. The Morgan fingerprint density at radius 1 is 1.04 bits per heavy atom. The van der Waals surface area contributed by atoms with Crippen LogP contribution < -0.4 is 14.8 Å². The molecule has 1 N–H and O–H groups in total. The summed E-state index contributed by atoms with van der Waals surface area (Å²) in [5.41, 5.74) is 2.26. The van der Waals surface area contributed by atoms with Gasteiger partial charge in [0.1, 0.15) is 18.1 Å². The molecular weight excluding hydrogens is 302 g/mol. The van der Waals surface area contributed by atoms with E-state index in [0.29, 0.717) is 32.6 Å². The highest BCUT2D eigenvalue weighted by atomic mass is 16.5. The predicted molar refractivity (Wildman–Crippen MR) is 95.6 cm³/mol. The van der Waals surface area contributed by atoms with Crippen molar-refractivity contribution in [2.24, 2.45) is 0 Å². The zero-order valence-electron chi connectivity index (χ0n) is 14.4. The summed E-state index contributed by atoms with van der Waals surface area (Å²) >= 11 is 0. The minimum atomic E-state index is 0.0220. The van der Waals surface area contributed by atoms with Crippen LogP contribution in [0.3, 0.4) is 0 Å². The number of rotatable bonds is 9. The van der Waals surface area contributed by atoms with Gasteiger partial charge in [0.05, 0.1) is 13.2 Å². The van der Waals surface area contributed by atoms with Crippen LogP contribution in [0.25, 0.3) is 0 Å². The van der Waals surface area contributed by atoms with Gasteiger partial charge in [-0.05, 0) is 44.0 Å². The summed E-state index contributed by atoms with van der Waals surface area (Å²) < 4.78 is 11.2. The van der Waals surface area contributed by atoms with Crippen molar-refractivity contribution < 1.29 is 14.3 Å².